The predicted molar refractivity (Wildman–Crippen MR) is 82.9 cm³/mol. The minimum Gasteiger partial charge on any atom is -0.480 e. The third kappa shape index (κ3) is 6.13. The molecule has 0 spiro atoms. The van der Waals surface area contributed by atoms with Gasteiger partial charge in [0.25, 0.3) is 5.91 Å². The molecule has 0 radical (unpaired) electrons. The van der Waals surface area contributed by atoms with Crippen molar-refractivity contribution in [1.29, 1.82) is 0 Å². The Morgan fingerprint density at radius 3 is 2.64 bits per heavy atom. The summed E-state index contributed by atoms with van der Waals surface area (Å²) in [4.78, 5) is 34.6. The molecule has 1 aromatic carbocycles. The van der Waals surface area contributed by atoms with E-state index in [0.29, 0.717) is 23.4 Å². The van der Waals surface area contributed by atoms with Crippen LogP contribution < -0.4 is 10.6 Å². The number of carboxylic acid groups (broad SMARTS) is 1. The molecular formula is C15H19ClN2O4. The number of rotatable bonds is 8. The number of unbranched alkanes of at least 4 members (excludes halogenated alkanes) is 1. The highest BCUT2D eigenvalue weighted by atomic mass is 35.5. The molecule has 3 N–H and O–H groups in total. The van der Waals surface area contributed by atoms with Gasteiger partial charge in [-0.15, -0.1) is 0 Å². The van der Waals surface area contributed by atoms with Crippen LogP contribution in [0.3, 0.4) is 0 Å². The average molecular weight is 327 g/mol. The summed E-state index contributed by atoms with van der Waals surface area (Å²) >= 11 is 5.78. The predicted octanol–water partition coefficient (Wildman–Crippen LogP) is 1.83. The first kappa shape index (κ1) is 18.0. The maximum Gasteiger partial charge on any atom is 0.326 e. The molecule has 0 aliphatic heterocycles. The van der Waals surface area contributed by atoms with Gasteiger partial charge in [-0.3, -0.25) is 9.59 Å². The van der Waals surface area contributed by atoms with Crippen LogP contribution in [0.5, 0.6) is 0 Å². The molecule has 0 bridgehead atoms. The van der Waals surface area contributed by atoms with Crippen molar-refractivity contribution >= 4 is 29.4 Å². The van der Waals surface area contributed by atoms with Gasteiger partial charge in [-0.25, -0.2) is 4.79 Å². The van der Waals surface area contributed by atoms with Crippen molar-refractivity contribution in [2.75, 3.05) is 6.54 Å². The van der Waals surface area contributed by atoms with Crippen molar-refractivity contribution in [2.24, 2.45) is 0 Å². The van der Waals surface area contributed by atoms with E-state index in [4.69, 9.17) is 16.7 Å². The van der Waals surface area contributed by atoms with Crippen LogP contribution in [0.25, 0.3) is 0 Å². The molecule has 1 unspecified atom stereocenters. The number of halogens is 1. The van der Waals surface area contributed by atoms with Crippen LogP contribution in [-0.2, 0) is 9.59 Å². The number of carbonyl (C=O) groups is 3. The van der Waals surface area contributed by atoms with E-state index in [-0.39, 0.29) is 6.54 Å². The second kappa shape index (κ2) is 9.04. The third-order valence-corrected chi connectivity index (χ3v) is 3.21. The molecule has 0 heterocycles. The van der Waals surface area contributed by atoms with Crippen molar-refractivity contribution in [3.05, 3.63) is 34.9 Å². The highest BCUT2D eigenvalue weighted by molar-refractivity contribution is 6.30. The summed E-state index contributed by atoms with van der Waals surface area (Å²) in [5.74, 6) is -2.07. The van der Waals surface area contributed by atoms with Crippen molar-refractivity contribution in [3.8, 4) is 0 Å². The SMILES string of the molecule is CCCCC(NC(=O)CNC(=O)c1cccc(Cl)c1)C(=O)O. The molecule has 6 nitrogen and oxygen atoms in total. The second-order valence-electron chi connectivity index (χ2n) is 4.79. The van der Waals surface area contributed by atoms with Crippen LogP contribution in [0.1, 0.15) is 36.5 Å². The first-order valence-electron chi connectivity index (χ1n) is 7.00. The van der Waals surface area contributed by atoms with Crippen LogP contribution in [0.4, 0.5) is 0 Å². The average Bonchev–Trinajstić information content (AvgIpc) is 2.48. The second-order valence-corrected chi connectivity index (χ2v) is 5.23. The van der Waals surface area contributed by atoms with Crippen LogP contribution >= 0.6 is 11.6 Å². The Labute approximate surface area is 133 Å². The Bertz CT molecular complexity index is 548. The van der Waals surface area contributed by atoms with Gasteiger partial charge in [0.2, 0.25) is 5.91 Å². The molecule has 120 valence electrons. The Morgan fingerprint density at radius 1 is 1.32 bits per heavy atom. The van der Waals surface area contributed by atoms with Crippen molar-refractivity contribution in [3.63, 3.8) is 0 Å². The highest BCUT2D eigenvalue weighted by Gasteiger charge is 2.19. The number of aliphatic carboxylic acids is 1. The van der Waals surface area contributed by atoms with E-state index in [2.05, 4.69) is 10.6 Å². The molecule has 0 saturated heterocycles. The van der Waals surface area contributed by atoms with E-state index in [0.717, 1.165) is 6.42 Å². The number of carbonyl (C=O) groups excluding carboxylic acids is 2. The number of hydrogen-bond donors (Lipinski definition) is 3. The topological polar surface area (TPSA) is 95.5 Å². The minimum absolute atomic E-state index is 0.290. The van der Waals surface area contributed by atoms with Gasteiger partial charge in [-0.2, -0.15) is 0 Å². The van der Waals surface area contributed by atoms with Crippen LogP contribution in [-0.4, -0.2) is 35.5 Å². The normalized spacial score (nSPS) is 11.5. The zero-order valence-electron chi connectivity index (χ0n) is 12.3. The summed E-state index contributed by atoms with van der Waals surface area (Å²) in [7, 11) is 0. The fourth-order valence-electron chi connectivity index (χ4n) is 1.80. The van der Waals surface area contributed by atoms with Gasteiger partial charge >= 0.3 is 5.97 Å². The summed E-state index contributed by atoms with van der Waals surface area (Å²) in [6, 6.07) is 5.38. The molecule has 0 saturated carbocycles. The minimum atomic E-state index is -1.08. The molecule has 0 aliphatic carbocycles. The maximum absolute atomic E-state index is 11.8. The largest absolute Gasteiger partial charge is 0.480 e. The molecule has 2 amide bonds. The standard InChI is InChI=1S/C15H19ClN2O4/c1-2-3-7-12(15(21)22)18-13(19)9-17-14(20)10-5-4-6-11(16)8-10/h4-6,8,12H,2-3,7,9H2,1H3,(H,17,20)(H,18,19)(H,21,22). The van der Waals surface area contributed by atoms with Crippen molar-refractivity contribution in [1.82, 2.24) is 10.6 Å². The lowest BCUT2D eigenvalue weighted by atomic mass is 10.1. The Hall–Kier alpha value is -2.08. The quantitative estimate of drug-likeness (QED) is 0.679. The van der Waals surface area contributed by atoms with E-state index in [1.807, 2.05) is 6.92 Å². The summed E-state index contributed by atoms with van der Waals surface area (Å²) in [5.41, 5.74) is 0.334. The van der Waals surface area contributed by atoms with Crippen molar-refractivity contribution in [2.45, 2.75) is 32.2 Å². The van der Waals surface area contributed by atoms with Gasteiger partial charge in [-0.05, 0) is 24.6 Å². The summed E-state index contributed by atoms with van der Waals surface area (Å²) < 4.78 is 0. The number of hydrogen-bond acceptors (Lipinski definition) is 3. The fraction of sp³-hybridized carbons (Fsp3) is 0.400. The highest BCUT2D eigenvalue weighted by Crippen LogP contribution is 2.10. The lowest BCUT2D eigenvalue weighted by molar-refractivity contribution is -0.141. The van der Waals surface area contributed by atoms with Crippen LogP contribution in [0.2, 0.25) is 5.02 Å². The Morgan fingerprint density at radius 2 is 2.05 bits per heavy atom. The van der Waals surface area contributed by atoms with E-state index in [1.165, 1.54) is 6.07 Å². The number of carboxylic acids is 1. The maximum atomic E-state index is 11.8. The molecule has 1 atom stereocenters. The van der Waals surface area contributed by atoms with Crippen LogP contribution in [0, 0.1) is 0 Å². The monoisotopic (exact) mass is 326 g/mol. The summed E-state index contributed by atoms with van der Waals surface area (Å²) in [6.07, 6.45) is 1.90. The lowest BCUT2D eigenvalue weighted by Gasteiger charge is -2.14. The molecule has 0 aromatic heterocycles. The van der Waals surface area contributed by atoms with E-state index in [9.17, 15) is 14.4 Å². The zero-order valence-corrected chi connectivity index (χ0v) is 13.0. The summed E-state index contributed by atoms with van der Waals surface area (Å²) in [5, 5.41) is 14.3. The number of amides is 2. The molecule has 0 aliphatic rings. The number of nitrogens with one attached hydrogen (secondary N) is 2. The van der Waals surface area contributed by atoms with Gasteiger partial charge in [0.05, 0.1) is 6.54 Å². The van der Waals surface area contributed by atoms with Crippen molar-refractivity contribution < 1.29 is 19.5 Å². The van der Waals surface area contributed by atoms with Gasteiger partial charge in [0, 0.05) is 10.6 Å². The van der Waals surface area contributed by atoms with E-state index in [1.54, 1.807) is 18.2 Å². The Kier molecular flexibility index (Phi) is 7.39. The molecule has 7 heteroatoms. The molecule has 0 fully saturated rings. The van der Waals surface area contributed by atoms with Gasteiger partial charge in [0.15, 0.2) is 0 Å². The summed E-state index contributed by atoms with van der Waals surface area (Å²) in [6.45, 7) is 1.65. The Balaban J connectivity index is 2.47. The van der Waals surface area contributed by atoms with Gasteiger partial charge < -0.3 is 15.7 Å². The number of benzene rings is 1. The van der Waals surface area contributed by atoms with E-state index >= 15 is 0 Å². The van der Waals surface area contributed by atoms with Crippen LogP contribution in [0.15, 0.2) is 24.3 Å². The van der Waals surface area contributed by atoms with E-state index < -0.39 is 23.8 Å². The third-order valence-electron chi connectivity index (χ3n) is 2.98. The molecule has 1 rings (SSSR count). The first-order chi connectivity index (χ1) is 10.4. The zero-order chi connectivity index (χ0) is 16.5. The smallest absolute Gasteiger partial charge is 0.326 e. The molecule has 1 aromatic rings. The lowest BCUT2D eigenvalue weighted by Crippen LogP contribution is -2.45. The molecule has 22 heavy (non-hydrogen) atoms. The first-order valence-corrected chi connectivity index (χ1v) is 7.37. The van der Waals surface area contributed by atoms with Gasteiger partial charge in [-0.1, -0.05) is 37.4 Å². The molecular weight excluding hydrogens is 308 g/mol. The fourth-order valence-corrected chi connectivity index (χ4v) is 1.99. The van der Waals surface area contributed by atoms with Gasteiger partial charge in [0.1, 0.15) is 6.04 Å².